The van der Waals surface area contributed by atoms with Gasteiger partial charge in [-0.05, 0) is 13.5 Å². The quantitative estimate of drug-likeness (QED) is 0.618. The van der Waals surface area contributed by atoms with Crippen molar-refractivity contribution >= 4 is 0 Å². The molecule has 2 N–H and O–H groups in total. The van der Waals surface area contributed by atoms with Crippen LogP contribution in [0.25, 0.3) is 0 Å². The topological polar surface area (TPSA) is 35.2 Å². The lowest BCUT2D eigenvalue weighted by atomic mass is 9.95. The summed E-state index contributed by atoms with van der Waals surface area (Å²) in [5.74, 6) is 0. The molecule has 0 aromatic rings. The fraction of sp³-hybridized carbons (Fsp3) is 1.00. The Labute approximate surface area is 57.4 Å². The molecule has 9 heavy (non-hydrogen) atoms. The first-order valence-corrected chi connectivity index (χ1v) is 3.40. The van der Waals surface area contributed by atoms with E-state index in [0.717, 1.165) is 13.2 Å². The van der Waals surface area contributed by atoms with Crippen LogP contribution < -0.4 is 5.73 Å². The molecule has 0 unspecified atom stereocenters. The highest BCUT2D eigenvalue weighted by Gasteiger charge is 2.14. The summed E-state index contributed by atoms with van der Waals surface area (Å²) in [7, 11) is 0. The second kappa shape index (κ2) is 3.85. The van der Waals surface area contributed by atoms with E-state index in [-0.39, 0.29) is 5.41 Å². The Hall–Kier alpha value is -0.0800. The molecule has 0 aromatic heterocycles. The highest BCUT2D eigenvalue weighted by molar-refractivity contribution is 4.67. The van der Waals surface area contributed by atoms with Gasteiger partial charge in [0.25, 0.3) is 0 Å². The van der Waals surface area contributed by atoms with Gasteiger partial charge >= 0.3 is 0 Å². The first-order chi connectivity index (χ1) is 4.12. The molecule has 0 saturated heterocycles. The fourth-order valence-electron chi connectivity index (χ4n) is 0.437. The van der Waals surface area contributed by atoms with Crippen molar-refractivity contribution in [2.24, 2.45) is 11.1 Å². The molecule has 0 saturated carbocycles. The van der Waals surface area contributed by atoms with E-state index in [2.05, 4.69) is 13.8 Å². The number of hydrogen-bond acceptors (Lipinski definition) is 2. The van der Waals surface area contributed by atoms with Crippen LogP contribution in [-0.2, 0) is 4.74 Å². The van der Waals surface area contributed by atoms with Crippen molar-refractivity contribution < 1.29 is 4.74 Å². The van der Waals surface area contributed by atoms with Gasteiger partial charge in [0.05, 0.1) is 6.61 Å². The van der Waals surface area contributed by atoms with Crippen molar-refractivity contribution in [3.8, 4) is 0 Å². The van der Waals surface area contributed by atoms with Crippen LogP contribution in [0.5, 0.6) is 0 Å². The van der Waals surface area contributed by atoms with E-state index in [1.54, 1.807) is 0 Å². The minimum atomic E-state index is 0.149. The Kier molecular flexibility index (Phi) is 3.82. The van der Waals surface area contributed by atoms with Crippen molar-refractivity contribution in [3.63, 3.8) is 0 Å². The summed E-state index contributed by atoms with van der Waals surface area (Å²) in [6.45, 7) is 8.42. The lowest BCUT2D eigenvalue weighted by Gasteiger charge is -2.21. The van der Waals surface area contributed by atoms with Crippen LogP contribution in [0.1, 0.15) is 20.8 Å². The molecule has 0 aliphatic heterocycles. The van der Waals surface area contributed by atoms with Crippen LogP contribution in [0.2, 0.25) is 0 Å². The summed E-state index contributed by atoms with van der Waals surface area (Å²) in [6.07, 6.45) is 0. The molecule has 0 amide bonds. The molecule has 0 aromatic carbocycles. The van der Waals surface area contributed by atoms with E-state index >= 15 is 0 Å². The van der Waals surface area contributed by atoms with Crippen LogP contribution in [-0.4, -0.2) is 19.8 Å². The standard InChI is InChI=1S/C7H17NO/c1-4-9-6-7(2,3)5-8/h4-6,8H2,1-3H3. The smallest absolute Gasteiger partial charge is 0.0529 e. The number of hydrogen-bond donors (Lipinski definition) is 1. The molecule has 0 radical (unpaired) electrons. The SMILES string of the molecule is CCOCC(C)(C)CN. The molecule has 0 fully saturated rings. The molecule has 2 nitrogen and oxygen atoms in total. The summed E-state index contributed by atoms with van der Waals surface area (Å²) in [5, 5.41) is 0. The van der Waals surface area contributed by atoms with E-state index in [9.17, 15) is 0 Å². The lowest BCUT2D eigenvalue weighted by Crippen LogP contribution is -2.28. The summed E-state index contributed by atoms with van der Waals surface area (Å²) < 4.78 is 5.21. The maximum absolute atomic E-state index is 5.47. The lowest BCUT2D eigenvalue weighted by molar-refractivity contribution is 0.0753. The number of ether oxygens (including phenoxy) is 1. The second-order valence-corrected chi connectivity index (χ2v) is 3.01. The first-order valence-electron chi connectivity index (χ1n) is 3.40. The Balaban J connectivity index is 3.33. The minimum absolute atomic E-state index is 0.149. The summed E-state index contributed by atoms with van der Waals surface area (Å²) in [4.78, 5) is 0. The van der Waals surface area contributed by atoms with Gasteiger partial charge in [0.1, 0.15) is 0 Å². The summed E-state index contributed by atoms with van der Waals surface area (Å²) in [6, 6.07) is 0. The molecular weight excluding hydrogens is 114 g/mol. The molecule has 0 aliphatic carbocycles. The van der Waals surface area contributed by atoms with Gasteiger partial charge in [-0.3, -0.25) is 0 Å². The third-order valence-electron chi connectivity index (χ3n) is 1.25. The van der Waals surface area contributed by atoms with E-state index < -0.39 is 0 Å². The monoisotopic (exact) mass is 131 g/mol. The minimum Gasteiger partial charge on any atom is -0.381 e. The van der Waals surface area contributed by atoms with E-state index in [4.69, 9.17) is 10.5 Å². The van der Waals surface area contributed by atoms with Gasteiger partial charge in [-0.2, -0.15) is 0 Å². The van der Waals surface area contributed by atoms with Gasteiger partial charge in [-0.1, -0.05) is 13.8 Å². The Bertz CT molecular complexity index is 71.3. The fourth-order valence-corrected chi connectivity index (χ4v) is 0.437. The highest BCUT2D eigenvalue weighted by Crippen LogP contribution is 2.11. The zero-order chi connectivity index (χ0) is 7.33. The van der Waals surface area contributed by atoms with Gasteiger partial charge in [-0.15, -0.1) is 0 Å². The zero-order valence-electron chi connectivity index (χ0n) is 6.61. The summed E-state index contributed by atoms with van der Waals surface area (Å²) >= 11 is 0. The predicted molar refractivity (Wildman–Crippen MR) is 39.3 cm³/mol. The average Bonchev–Trinajstić information content (AvgIpc) is 1.84. The molecule has 2 heteroatoms. The maximum atomic E-state index is 5.47. The molecule has 56 valence electrons. The van der Waals surface area contributed by atoms with Gasteiger partial charge in [0.15, 0.2) is 0 Å². The molecule has 0 atom stereocenters. The van der Waals surface area contributed by atoms with E-state index in [0.29, 0.717) is 6.54 Å². The second-order valence-electron chi connectivity index (χ2n) is 3.01. The zero-order valence-corrected chi connectivity index (χ0v) is 6.61. The highest BCUT2D eigenvalue weighted by atomic mass is 16.5. The van der Waals surface area contributed by atoms with Gasteiger partial charge < -0.3 is 10.5 Å². The summed E-state index contributed by atoms with van der Waals surface area (Å²) in [5.41, 5.74) is 5.62. The van der Waals surface area contributed by atoms with E-state index in [1.807, 2.05) is 6.92 Å². The molecule has 0 heterocycles. The average molecular weight is 131 g/mol. The van der Waals surface area contributed by atoms with Crippen molar-refractivity contribution in [2.45, 2.75) is 20.8 Å². The van der Waals surface area contributed by atoms with Gasteiger partial charge in [0, 0.05) is 12.0 Å². The Morgan fingerprint density at radius 1 is 1.44 bits per heavy atom. The Morgan fingerprint density at radius 3 is 2.33 bits per heavy atom. The molecule has 0 rings (SSSR count). The van der Waals surface area contributed by atoms with Crippen LogP contribution >= 0.6 is 0 Å². The van der Waals surface area contributed by atoms with Crippen LogP contribution in [0.3, 0.4) is 0 Å². The van der Waals surface area contributed by atoms with Crippen LogP contribution in [0.4, 0.5) is 0 Å². The number of rotatable bonds is 4. The predicted octanol–water partition coefficient (Wildman–Crippen LogP) is 1.01. The van der Waals surface area contributed by atoms with Crippen LogP contribution in [0.15, 0.2) is 0 Å². The third kappa shape index (κ3) is 4.43. The van der Waals surface area contributed by atoms with Crippen molar-refractivity contribution in [1.29, 1.82) is 0 Å². The van der Waals surface area contributed by atoms with Crippen molar-refractivity contribution in [3.05, 3.63) is 0 Å². The maximum Gasteiger partial charge on any atom is 0.0529 e. The van der Waals surface area contributed by atoms with Gasteiger partial charge in [0.2, 0.25) is 0 Å². The van der Waals surface area contributed by atoms with Crippen LogP contribution in [0, 0.1) is 5.41 Å². The van der Waals surface area contributed by atoms with Crippen molar-refractivity contribution in [2.75, 3.05) is 19.8 Å². The van der Waals surface area contributed by atoms with Gasteiger partial charge in [-0.25, -0.2) is 0 Å². The molecular formula is C7H17NO. The molecule has 0 aliphatic rings. The molecule has 0 bridgehead atoms. The largest absolute Gasteiger partial charge is 0.381 e. The first kappa shape index (κ1) is 8.92. The van der Waals surface area contributed by atoms with E-state index in [1.165, 1.54) is 0 Å². The Morgan fingerprint density at radius 2 is 2.00 bits per heavy atom. The number of nitrogens with two attached hydrogens (primary N) is 1. The third-order valence-corrected chi connectivity index (χ3v) is 1.25. The molecule has 0 spiro atoms. The van der Waals surface area contributed by atoms with Crippen molar-refractivity contribution in [1.82, 2.24) is 0 Å². The normalized spacial score (nSPS) is 12.0.